The Labute approximate surface area is 87.6 Å². The van der Waals surface area contributed by atoms with Crippen molar-refractivity contribution in [1.82, 2.24) is 5.43 Å². The molecule has 0 aromatic rings. The molecule has 2 N–H and O–H groups in total. The van der Waals surface area contributed by atoms with Crippen LogP contribution in [0, 0.1) is 6.57 Å². The van der Waals surface area contributed by atoms with Crippen LogP contribution in [0.4, 0.5) is 0 Å². The van der Waals surface area contributed by atoms with E-state index in [2.05, 4.69) is 10.4 Å². The van der Waals surface area contributed by atoms with Gasteiger partial charge in [0.05, 0.1) is 22.2 Å². The highest BCUT2D eigenvalue weighted by Crippen LogP contribution is 2.11. The molecule has 0 rings (SSSR count). The van der Waals surface area contributed by atoms with Crippen molar-refractivity contribution in [3.05, 3.63) is 4.95 Å². The zero-order valence-corrected chi connectivity index (χ0v) is 9.13. The predicted octanol–water partition coefficient (Wildman–Crippen LogP) is 1.02. The highest BCUT2D eigenvalue weighted by molar-refractivity contribution is 7.99. The molecule has 0 saturated heterocycles. The zero-order chi connectivity index (χ0) is 11.0. The second kappa shape index (κ2) is 6.51. The number of carbonyl (C=O) groups is 1. The van der Waals surface area contributed by atoms with E-state index in [1.165, 1.54) is 11.8 Å². The van der Waals surface area contributed by atoms with Crippen LogP contribution in [0.25, 0.3) is 4.95 Å². The quantitative estimate of drug-likeness (QED) is 0.380. The van der Waals surface area contributed by atoms with Crippen molar-refractivity contribution in [3.8, 4) is 6.57 Å². The summed E-state index contributed by atoms with van der Waals surface area (Å²) >= 11 is 1.21. The van der Waals surface area contributed by atoms with E-state index in [9.17, 15) is 4.79 Å². The molecule has 0 atom stereocenters. The minimum atomic E-state index is -0.841. The largest absolute Gasteiger partial charge is 0.481 e. The van der Waals surface area contributed by atoms with E-state index in [0.717, 1.165) is 0 Å². The first-order valence-corrected chi connectivity index (χ1v) is 5.20. The molecule has 0 fully saturated rings. The first-order valence-electron chi connectivity index (χ1n) is 4.04. The van der Waals surface area contributed by atoms with Gasteiger partial charge in [0.2, 0.25) is 0 Å². The molecule has 0 bridgehead atoms. The molecule has 0 aliphatic heterocycles. The molecule has 6 heteroatoms. The van der Waals surface area contributed by atoms with E-state index in [0.29, 0.717) is 12.5 Å². The van der Waals surface area contributed by atoms with Crippen molar-refractivity contribution in [1.29, 1.82) is 0 Å². The van der Waals surface area contributed by atoms with Gasteiger partial charge in [-0.05, 0) is 13.8 Å². The fourth-order valence-corrected chi connectivity index (χ4v) is 1.28. The van der Waals surface area contributed by atoms with Gasteiger partial charge in [0, 0.05) is 0 Å². The smallest absolute Gasteiger partial charge is 0.313 e. The SMILES string of the molecule is C#[N+]NCC(C)(C)OCSCC(=O)O. The van der Waals surface area contributed by atoms with Gasteiger partial charge >= 0.3 is 12.5 Å². The highest BCUT2D eigenvalue weighted by atomic mass is 32.2. The van der Waals surface area contributed by atoms with Crippen molar-refractivity contribution in [2.45, 2.75) is 19.4 Å². The van der Waals surface area contributed by atoms with Crippen LogP contribution in [0.2, 0.25) is 0 Å². The van der Waals surface area contributed by atoms with Crippen LogP contribution < -0.4 is 5.43 Å². The number of nitrogens with zero attached hydrogens (tertiary/aromatic N) is 1. The third-order valence-electron chi connectivity index (χ3n) is 1.35. The number of nitrogens with one attached hydrogen (secondary N) is 1. The normalized spacial score (nSPS) is 10.6. The van der Waals surface area contributed by atoms with Crippen LogP contribution in [0.5, 0.6) is 0 Å². The van der Waals surface area contributed by atoms with Crippen molar-refractivity contribution >= 4 is 17.7 Å². The fourth-order valence-electron chi connectivity index (χ4n) is 0.617. The number of rotatable bonds is 7. The summed E-state index contributed by atoms with van der Waals surface area (Å²) in [7, 11) is 0. The summed E-state index contributed by atoms with van der Waals surface area (Å²) in [6.45, 7) is 9.12. The van der Waals surface area contributed by atoms with Gasteiger partial charge in [0.25, 0.3) is 0 Å². The molecular formula is C8H15N2O3S+. The third kappa shape index (κ3) is 7.71. The monoisotopic (exact) mass is 219 g/mol. The Morgan fingerprint density at radius 2 is 2.36 bits per heavy atom. The molecule has 0 spiro atoms. The van der Waals surface area contributed by atoms with Crippen LogP contribution in [-0.2, 0) is 9.53 Å². The Morgan fingerprint density at radius 1 is 1.71 bits per heavy atom. The number of aliphatic carboxylic acids is 1. The molecule has 0 unspecified atom stereocenters. The van der Waals surface area contributed by atoms with Gasteiger partial charge in [-0.2, -0.15) is 0 Å². The zero-order valence-electron chi connectivity index (χ0n) is 8.32. The Balaban J connectivity index is 3.55. The second-order valence-electron chi connectivity index (χ2n) is 3.23. The summed E-state index contributed by atoms with van der Waals surface area (Å²) in [5, 5.41) is 8.36. The van der Waals surface area contributed by atoms with Gasteiger partial charge in [-0.25, -0.2) is 0 Å². The maximum atomic E-state index is 10.2. The third-order valence-corrected chi connectivity index (χ3v) is 2.09. The number of thioether (sulfide) groups is 1. The number of carboxylic acids is 1. The first kappa shape index (κ1) is 13.1. The molecule has 0 aliphatic rings. The number of ether oxygens (including phenoxy) is 1. The van der Waals surface area contributed by atoms with Crippen molar-refractivity contribution in [3.63, 3.8) is 0 Å². The van der Waals surface area contributed by atoms with Gasteiger partial charge in [0.1, 0.15) is 6.54 Å². The lowest BCUT2D eigenvalue weighted by atomic mass is 10.1. The van der Waals surface area contributed by atoms with Gasteiger partial charge in [-0.3, -0.25) is 4.79 Å². The van der Waals surface area contributed by atoms with Crippen LogP contribution in [0.15, 0.2) is 0 Å². The minimum Gasteiger partial charge on any atom is -0.481 e. The molecule has 0 aromatic heterocycles. The van der Waals surface area contributed by atoms with E-state index in [1.54, 1.807) is 0 Å². The fraction of sp³-hybridized carbons (Fsp3) is 0.750. The van der Waals surface area contributed by atoms with E-state index >= 15 is 0 Å². The average molecular weight is 219 g/mol. The molecule has 0 heterocycles. The Hall–Kier alpha value is -0.930. The Bertz CT molecular complexity index is 225. The number of hydrogen-bond donors (Lipinski definition) is 2. The Morgan fingerprint density at radius 3 is 2.86 bits per heavy atom. The number of carboxylic acid groups (broad SMARTS) is 1. The molecule has 0 saturated carbocycles. The second-order valence-corrected chi connectivity index (χ2v) is 4.16. The van der Waals surface area contributed by atoms with E-state index < -0.39 is 11.6 Å². The lowest BCUT2D eigenvalue weighted by Gasteiger charge is -2.21. The van der Waals surface area contributed by atoms with Crippen LogP contribution >= 0.6 is 11.8 Å². The van der Waals surface area contributed by atoms with Gasteiger partial charge in [0.15, 0.2) is 0 Å². The van der Waals surface area contributed by atoms with E-state index in [1.807, 2.05) is 13.8 Å². The lowest BCUT2D eigenvalue weighted by molar-refractivity contribution is -0.133. The molecule has 0 aliphatic carbocycles. The lowest BCUT2D eigenvalue weighted by Crippen LogP contribution is -2.35. The molecule has 80 valence electrons. The first-order chi connectivity index (χ1) is 6.48. The standard InChI is InChI=1S/C8H14N2O3S/c1-8(2,5-10-9-3)13-6-14-4-7(11)12/h3,10H,4-6H2,1-2H3/p+1. The average Bonchev–Trinajstić information content (AvgIpc) is 2.09. The maximum absolute atomic E-state index is 10.2. The Kier molecular flexibility index (Phi) is 6.08. The summed E-state index contributed by atoms with van der Waals surface area (Å²) in [6.07, 6.45) is 0. The molecule has 5 nitrogen and oxygen atoms in total. The summed E-state index contributed by atoms with van der Waals surface area (Å²) < 4.78 is 5.40. The van der Waals surface area contributed by atoms with E-state index in [4.69, 9.17) is 16.4 Å². The van der Waals surface area contributed by atoms with Crippen molar-refractivity contribution in [2.24, 2.45) is 0 Å². The highest BCUT2D eigenvalue weighted by Gasteiger charge is 2.19. The van der Waals surface area contributed by atoms with E-state index in [-0.39, 0.29) is 5.75 Å². The van der Waals surface area contributed by atoms with Gasteiger partial charge < -0.3 is 9.84 Å². The maximum Gasteiger partial charge on any atom is 0.313 e. The molecule has 0 radical (unpaired) electrons. The topological polar surface area (TPSA) is 62.9 Å². The molecule has 14 heavy (non-hydrogen) atoms. The van der Waals surface area contributed by atoms with Crippen molar-refractivity contribution in [2.75, 3.05) is 18.2 Å². The predicted molar refractivity (Wildman–Crippen MR) is 56.4 cm³/mol. The summed E-state index contributed by atoms with van der Waals surface area (Å²) in [5.41, 5.74) is 2.18. The summed E-state index contributed by atoms with van der Waals surface area (Å²) in [5.74, 6) is -0.456. The van der Waals surface area contributed by atoms with Crippen molar-refractivity contribution < 1.29 is 14.6 Å². The number of hydrogen-bond acceptors (Lipinski definition) is 4. The summed E-state index contributed by atoms with van der Waals surface area (Å²) in [6, 6.07) is 0. The minimum absolute atomic E-state index is 0.0464. The summed E-state index contributed by atoms with van der Waals surface area (Å²) in [4.78, 5) is 13.4. The van der Waals surface area contributed by atoms with Crippen LogP contribution in [-0.4, -0.2) is 34.9 Å². The van der Waals surface area contributed by atoms with Gasteiger partial charge in [-0.15, -0.1) is 11.8 Å². The van der Waals surface area contributed by atoms with Crippen LogP contribution in [0.1, 0.15) is 13.8 Å². The van der Waals surface area contributed by atoms with Crippen LogP contribution in [0.3, 0.4) is 0 Å². The molecule has 0 aromatic carbocycles. The van der Waals surface area contributed by atoms with Gasteiger partial charge in [-0.1, -0.05) is 5.43 Å². The molecular weight excluding hydrogens is 204 g/mol. The molecule has 0 amide bonds.